The number of likely N-dealkylation sites (tertiary alicyclic amines) is 1. The number of hydrogen-bond acceptors (Lipinski definition) is 4. The Morgan fingerprint density at radius 1 is 0.826 bits per heavy atom. The average Bonchev–Trinajstić information content (AvgIpc) is 2.96. The zero-order chi connectivity index (χ0) is 16.1. The summed E-state index contributed by atoms with van der Waals surface area (Å²) in [4.78, 5) is 4.56. The third-order valence-corrected chi connectivity index (χ3v) is 6.68. The third kappa shape index (κ3) is 4.46. The summed E-state index contributed by atoms with van der Waals surface area (Å²) in [5.74, 6) is 0.262. The SMILES string of the molecule is O=S(=O)(CCN1CCCC1)N1CCCN(c2ccccc2)CC1. The number of sulfonamides is 1. The van der Waals surface area contributed by atoms with Gasteiger partial charge < -0.3 is 9.80 Å². The monoisotopic (exact) mass is 337 g/mol. The lowest BCUT2D eigenvalue weighted by Crippen LogP contribution is -2.39. The lowest BCUT2D eigenvalue weighted by Gasteiger charge is -2.24. The van der Waals surface area contributed by atoms with E-state index in [-0.39, 0.29) is 5.75 Å². The Bertz CT molecular complexity index is 585. The molecule has 0 aliphatic carbocycles. The topological polar surface area (TPSA) is 43.9 Å². The van der Waals surface area contributed by atoms with Crippen LogP contribution in [0.25, 0.3) is 0 Å². The van der Waals surface area contributed by atoms with E-state index in [0.717, 1.165) is 32.6 Å². The van der Waals surface area contributed by atoms with Crippen molar-refractivity contribution in [3.63, 3.8) is 0 Å². The van der Waals surface area contributed by atoms with Crippen LogP contribution in [0.4, 0.5) is 5.69 Å². The van der Waals surface area contributed by atoms with Gasteiger partial charge in [0.25, 0.3) is 0 Å². The van der Waals surface area contributed by atoms with Gasteiger partial charge in [-0.15, -0.1) is 0 Å². The van der Waals surface area contributed by atoms with Gasteiger partial charge in [0, 0.05) is 38.4 Å². The Morgan fingerprint density at radius 3 is 2.30 bits per heavy atom. The predicted molar refractivity (Wildman–Crippen MR) is 94.3 cm³/mol. The minimum absolute atomic E-state index is 0.262. The second kappa shape index (κ2) is 7.64. The molecule has 1 aromatic rings. The van der Waals surface area contributed by atoms with Gasteiger partial charge in [-0.25, -0.2) is 12.7 Å². The van der Waals surface area contributed by atoms with E-state index in [4.69, 9.17) is 0 Å². The molecule has 2 heterocycles. The number of nitrogens with zero attached hydrogens (tertiary/aromatic N) is 3. The molecular formula is C17H27N3O2S. The van der Waals surface area contributed by atoms with Crippen LogP contribution in [-0.4, -0.2) is 69.2 Å². The van der Waals surface area contributed by atoms with Crippen LogP contribution in [0.3, 0.4) is 0 Å². The second-order valence-electron chi connectivity index (χ2n) is 6.44. The number of para-hydroxylation sites is 1. The van der Waals surface area contributed by atoms with E-state index in [1.807, 2.05) is 18.2 Å². The lowest BCUT2D eigenvalue weighted by atomic mass is 10.3. The lowest BCUT2D eigenvalue weighted by molar-refractivity contribution is 0.353. The molecule has 5 nitrogen and oxygen atoms in total. The zero-order valence-electron chi connectivity index (χ0n) is 13.7. The molecule has 6 heteroatoms. The minimum atomic E-state index is -3.13. The highest BCUT2D eigenvalue weighted by Crippen LogP contribution is 2.17. The van der Waals surface area contributed by atoms with Crippen LogP contribution in [0, 0.1) is 0 Å². The van der Waals surface area contributed by atoms with E-state index in [1.165, 1.54) is 18.5 Å². The van der Waals surface area contributed by atoms with Crippen molar-refractivity contribution in [1.29, 1.82) is 0 Å². The summed E-state index contributed by atoms with van der Waals surface area (Å²) < 4.78 is 26.9. The van der Waals surface area contributed by atoms with Crippen LogP contribution in [0.15, 0.2) is 30.3 Å². The smallest absolute Gasteiger partial charge is 0.215 e. The van der Waals surface area contributed by atoms with E-state index < -0.39 is 10.0 Å². The van der Waals surface area contributed by atoms with Gasteiger partial charge in [-0.05, 0) is 44.5 Å². The van der Waals surface area contributed by atoms with E-state index in [9.17, 15) is 8.42 Å². The molecule has 0 amide bonds. The normalized spacial score (nSPS) is 21.5. The van der Waals surface area contributed by atoms with Crippen molar-refractivity contribution >= 4 is 15.7 Å². The standard InChI is InChI=1S/C17H27N3O2S/c21-23(22,16-15-18-9-4-5-10-18)20-12-6-11-19(13-14-20)17-7-2-1-3-8-17/h1-3,7-8H,4-6,9-16H2. The molecule has 0 bridgehead atoms. The fraction of sp³-hybridized carbons (Fsp3) is 0.647. The molecule has 2 saturated heterocycles. The van der Waals surface area contributed by atoms with Crippen LogP contribution in [0.1, 0.15) is 19.3 Å². The number of rotatable bonds is 5. The maximum atomic E-state index is 12.6. The highest BCUT2D eigenvalue weighted by molar-refractivity contribution is 7.89. The van der Waals surface area contributed by atoms with Crippen molar-refractivity contribution in [1.82, 2.24) is 9.21 Å². The number of benzene rings is 1. The van der Waals surface area contributed by atoms with Crippen LogP contribution < -0.4 is 4.90 Å². The van der Waals surface area contributed by atoms with E-state index in [0.29, 0.717) is 19.6 Å². The Kier molecular flexibility index (Phi) is 5.56. The summed E-state index contributed by atoms with van der Waals surface area (Å²) in [6, 6.07) is 10.3. The molecule has 128 valence electrons. The number of anilines is 1. The van der Waals surface area contributed by atoms with E-state index >= 15 is 0 Å². The average molecular weight is 337 g/mol. The Balaban J connectivity index is 1.56. The van der Waals surface area contributed by atoms with Crippen molar-refractivity contribution < 1.29 is 8.42 Å². The van der Waals surface area contributed by atoms with Gasteiger partial charge in [-0.3, -0.25) is 0 Å². The summed E-state index contributed by atoms with van der Waals surface area (Å²) in [7, 11) is -3.13. The van der Waals surface area contributed by atoms with Crippen LogP contribution in [0.5, 0.6) is 0 Å². The molecule has 0 unspecified atom stereocenters. The van der Waals surface area contributed by atoms with Crippen LogP contribution in [-0.2, 0) is 10.0 Å². The first-order chi connectivity index (χ1) is 11.1. The highest BCUT2D eigenvalue weighted by atomic mass is 32.2. The molecule has 0 saturated carbocycles. The molecule has 3 rings (SSSR count). The van der Waals surface area contributed by atoms with Gasteiger partial charge >= 0.3 is 0 Å². The first-order valence-corrected chi connectivity index (χ1v) is 10.3. The quantitative estimate of drug-likeness (QED) is 0.819. The molecule has 0 aromatic heterocycles. The van der Waals surface area contributed by atoms with Gasteiger partial charge in [-0.1, -0.05) is 18.2 Å². The fourth-order valence-corrected chi connectivity index (χ4v) is 4.96. The Labute approximate surface area is 139 Å². The molecule has 23 heavy (non-hydrogen) atoms. The highest BCUT2D eigenvalue weighted by Gasteiger charge is 2.26. The predicted octanol–water partition coefficient (Wildman–Crippen LogP) is 1.62. The molecule has 2 aliphatic heterocycles. The maximum Gasteiger partial charge on any atom is 0.215 e. The van der Waals surface area contributed by atoms with Gasteiger partial charge in [0.15, 0.2) is 0 Å². The fourth-order valence-electron chi connectivity index (χ4n) is 3.45. The minimum Gasteiger partial charge on any atom is -0.370 e. The third-order valence-electron chi connectivity index (χ3n) is 4.83. The van der Waals surface area contributed by atoms with Crippen LogP contribution in [0.2, 0.25) is 0 Å². The molecule has 0 atom stereocenters. The van der Waals surface area contributed by atoms with E-state index in [1.54, 1.807) is 4.31 Å². The summed E-state index contributed by atoms with van der Waals surface area (Å²) in [5.41, 5.74) is 1.18. The molecule has 0 spiro atoms. The first kappa shape index (κ1) is 16.7. The molecule has 2 aliphatic rings. The van der Waals surface area contributed by atoms with Crippen molar-refractivity contribution in [2.45, 2.75) is 19.3 Å². The first-order valence-electron chi connectivity index (χ1n) is 8.65. The Hall–Kier alpha value is -1.11. The van der Waals surface area contributed by atoms with Gasteiger partial charge in [-0.2, -0.15) is 0 Å². The van der Waals surface area contributed by atoms with Crippen molar-refractivity contribution in [3.05, 3.63) is 30.3 Å². The van der Waals surface area contributed by atoms with Crippen LogP contribution >= 0.6 is 0 Å². The molecule has 0 N–H and O–H groups in total. The van der Waals surface area contributed by atoms with Gasteiger partial charge in [0.05, 0.1) is 5.75 Å². The zero-order valence-corrected chi connectivity index (χ0v) is 14.5. The largest absolute Gasteiger partial charge is 0.370 e. The maximum absolute atomic E-state index is 12.6. The van der Waals surface area contributed by atoms with Crippen molar-refractivity contribution in [3.8, 4) is 0 Å². The Morgan fingerprint density at radius 2 is 1.57 bits per heavy atom. The summed E-state index contributed by atoms with van der Waals surface area (Å²) in [6.07, 6.45) is 3.30. The summed E-state index contributed by atoms with van der Waals surface area (Å²) >= 11 is 0. The molecule has 2 fully saturated rings. The van der Waals surface area contributed by atoms with E-state index in [2.05, 4.69) is 21.9 Å². The number of hydrogen-bond donors (Lipinski definition) is 0. The second-order valence-corrected chi connectivity index (χ2v) is 8.53. The van der Waals surface area contributed by atoms with Crippen molar-refractivity contribution in [2.24, 2.45) is 0 Å². The van der Waals surface area contributed by atoms with Gasteiger partial charge in [0.1, 0.15) is 0 Å². The van der Waals surface area contributed by atoms with Crippen molar-refractivity contribution in [2.75, 3.05) is 56.5 Å². The summed E-state index contributed by atoms with van der Waals surface area (Å²) in [6.45, 7) is 5.72. The van der Waals surface area contributed by atoms with Gasteiger partial charge in [0.2, 0.25) is 10.0 Å². The molecular weight excluding hydrogens is 310 g/mol. The summed E-state index contributed by atoms with van der Waals surface area (Å²) in [5, 5.41) is 0. The molecule has 0 radical (unpaired) electrons. The molecule has 1 aromatic carbocycles.